The van der Waals surface area contributed by atoms with Gasteiger partial charge in [-0.2, -0.15) is 5.10 Å². The Morgan fingerprint density at radius 1 is 1.50 bits per heavy atom. The molecule has 2 heterocycles. The molecule has 0 amide bonds. The molecule has 0 aliphatic carbocycles. The number of hydrogen-bond donors (Lipinski definition) is 2. The monoisotopic (exact) mass is 246 g/mol. The van der Waals surface area contributed by atoms with E-state index < -0.39 is 5.97 Å². The van der Waals surface area contributed by atoms with Crippen LogP contribution in [0.15, 0.2) is 24.5 Å². The van der Waals surface area contributed by atoms with Crippen LogP contribution in [-0.4, -0.2) is 25.8 Å². The second-order valence-electron chi connectivity index (χ2n) is 4.06. The Bertz CT molecular complexity index is 577. The Kier molecular flexibility index (Phi) is 3.27. The number of aromatic nitrogens is 3. The van der Waals surface area contributed by atoms with Crippen molar-refractivity contribution in [3.63, 3.8) is 0 Å². The highest BCUT2D eigenvalue weighted by Gasteiger charge is 2.06. The molecule has 18 heavy (non-hydrogen) atoms. The third-order valence-electron chi connectivity index (χ3n) is 2.43. The number of anilines is 1. The first-order valence-corrected chi connectivity index (χ1v) is 5.48. The summed E-state index contributed by atoms with van der Waals surface area (Å²) in [5.74, 6) is -0.402. The lowest BCUT2D eigenvalue weighted by molar-refractivity contribution is 0.0696. The molecule has 0 fully saturated rings. The quantitative estimate of drug-likeness (QED) is 0.853. The fourth-order valence-corrected chi connectivity index (χ4v) is 1.64. The zero-order chi connectivity index (χ0) is 13.1. The van der Waals surface area contributed by atoms with E-state index in [4.69, 9.17) is 5.11 Å². The first kappa shape index (κ1) is 12.1. The standard InChI is InChI=1S/C12H14N4O2/c1-8-3-10(12(17)18)4-11(15-8)13-5-9-6-14-16(2)7-9/h3-4,6-7H,5H2,1-2H3,(H,13,15)(H,17,18). The first-order valence-electron chi connectivity index (χ1n) is 5.48. The van der Waals surface area contributed by atoms with E-state index >= 15 is 0 Å². The molecule has 0 saturated heterocycles. The number of carboxylic acid groups (broad SMARTS) is 1. The number of rotatable bonds is 4. The van der Waals surface area contributed by atoms with E-state index in [0.717, 1.165) is 5.56 Å². The highest BCUT2D eigenvalue weighted by molar-refractivity contribution is 5.88. The summed E-state index contributed by atoms with van der Waals surface area (Å²) in [4.78, 5) is 15.2. The van der Waals surface area contributed by atoms with Crippen molar-refractivity contribution in [3.8, 4) is 0 Å². The smallest absolute Gasteiger partial charge is 0.335 e. The minimum atomic E-state index is -0.954. The normalized spacial score (nSPS) is 10.3. The van der Waals surface area contributed by atoms with Crippen LogP contribution < -0.4 is 5.32 Å². The molecular weight excluding hydrogens is 232 g/mol. The Morgan fingerprint density at radius 3 is 2.89 bits per heavy atom. The van der Waals surface area contributed by atoms with Crippen molar-refractivity contribution in [2.24, 2.45) is 7.05 Å². The summed E-state index contributed by atoms with van der Waals surface area (Å²) < 4.78 is 1.71. The highest BCUT2D eigenvalue weighted by atomic mass is 16.4. The second kappa shape index (κ2) is 4.87. The van der Waals surface area contributed by atoms with Crippen LogP contribution in [0.4, 0.5) is 5.82 Å². The van der Waals surface area contributed by atoms with Gasteiger partial charge in [0.15, 0.2) is 0 Å². The van der Waals surface area contributed by atoms with E-state index in [1.54, 1.807) is 17.8 Å². The molecule has 0 aliphatic heterocycles. The molecule has 0 atom stereocenters. The maximum Gasteiger partial charge on any atom is 0.335 e. The van der Waals surface area contributed by atoms with Gasteiger partial charge >= 0.3 is 5.97 Å². The molecule has 0 aromatic carbocycles. The third-order valence-corrected chi connectivity index (χ3v) is 2.43. The number of hydrogen-bond acceptors (Lipinski definition) is 4. The van der Waals surface area contributed by atoms with Crippen molar-refractivity contribution in [1.29, 1.82) is 0 Å². The first-order chi connectivity index (χ1) is 8.54. The van der Waals surface area contributed by atoms with Crippen LogP contribution in [-0.2, 0) is 13.6 Å². The van der Waals surface area contributed by atoms with E-state index in [2.05, 4.69) is 15.4 Å². The lowest BCUT2D eigenvalue weighted by Gasteiger charge is -2.06. The van der Waals surface area contributed by atoms with Gasteiger partial charge in [-0.15, -0.1) is 0 Å². The molecule has 0 spiro atoms. The predicted octanol–water partition coefficient (Wildman–Crippen LogP) is 1.43. The molecule has 0 bridgehead atoms. The molecule has 0 aliphatic rings. The van der Waals surface area contributed by atoms with E-state index in [1.807, 2.05) is 13.2 Å². The highest BCUT2D eigenvalue weighted by Crippen LogP contribution is 2.11. The van der Waals surface area contributed by atoms with Crippen molar-refractivity contribution in [3.05, 3.63) is 41.3 Å². The Hall–Kier alpha value is -2.37. The number of nitrogens with zero attached hydrogens (tertiary/aromatic N) is 3. The van der Waals surface area contributed by atoms with E-state index in [9.17, 15) is 4.79 Å². The van der Waals surface area contributed by atoms with E-state index in [-0.39, 0.29) is 5.56 Å². The zero-order valence-electron chi connectivity index (χ0n) is 10.2. The summed E-state index contributed by atoms with van der Waals surface area (Å²) in [6.45, 7) is 2.32. The minimum absolute atomic E-state index is 0.233. The largest absolute Gasteiger partial charge is 0.478 e. The van der Waals surface area contributed by atoms with Crippen LogP contribution in [0.25, 0.3) is 0 Å². The van der Waals surface area contributed by atoms with Gasteiger partial charge in [-0.25, -0.2) is 9.78 Å². The summed E-state index contributed by atoms with van der Waals surface area (Å²) >= 11 is 0. The van der Waals surface area contributed by atoms with Crippen molar-refractivity contribution < 1.29 is 9.90 Å². The van der Waals surface area contributed by atoms with Crippen LogP contribution in [0.3, 0.4) is 0 Å². The van der Waals surface area contributed by atoms with E-state index in [0.29, 0.717) is 18.1 Å². The molecule has 2 rings (SSSR count). The lowest BCUT2D eigenvalue weighted by Crippen LogP contribution is -2.05. The summed E-state index contributed by atoms with van der Waals surface area (Å²) in [7, 11) is 1.84. The third kappa shape index (κ3) is 2.85. The Labute approximate surface area is 104 Å². The van der Waals surface area contributed by atoms with Crippen molar-refractivity contribution in [1.82, 2.24) is 14.8 Å². The molecule has 0 unspecified atom stereocenters. The molecule has 2 aromatic heterocycles. The van der Waals surface area contributed by atoms with Gasteiger partial charge in [0.25, 0.3) is 0 Å². The molecule has 6 heteroatoms. The van der Waals surface area contributed by atoms with E-state index in [1.165, 1.54) is 12.1 Å². The van der Waals surface area contributed by atoms with Gasteiger partial charge in [-0.3, -0.25) is 4.68 Å². The fraction of sp³-hybridized carbons (Fsp3) is 0.250. The maximum atomic E-state index is 10.9. The number of aromatic carboxylic acids is 1. The molecule has 94 valence electrons. The second-order valence-corrected chi connectivity index (χ2v) is 4.06. The number of nitrogens with one attached hydrogen (secondary N) is 1. The summed E-state index contributed by atoms with van der Waals surface area (Å²) in [6.07, 6.45) is 3.64. The summed E-state index contributed by atoms with van der Waals surface area (Å²) in [5, 5.41) is 16.1. The maximum absolute atomic E-state index is 10.9. The lowest BCUT2D eigenvalue weighted by atomic mass is 10.2. The number of carboxylic acids is 1. The van der Waals surface area contributed by atoms with Gasteiger partial charge in [0.1, 0.15) is 5.82 Å². The van der Waals surface area contributed by atoms with Gasteiger partial charge < -0.3 is 10.4 Å². The van der Waals surface area contributed by atoms with Crippen molar-refractivity contribution in [2.45, 2.75) is 13.5 Å². The van der Waals surface area contributed by atoms with Crippen LogP contribution in [0.5, 0.6) is 0 Å². The van der Waals surface area contributed by atoms with Crippen molar-refractivity contribution in [2.75, 3.05) is 5.32 Å². The summed E-state index contributed by atoms with van der Waals surface area (Å²) in [5.41, 5.74) is 1.91. The molecule has 2 aromatic rings. The Balaban J connectivity index is 2.11. The number of aryl methyl sites for hydroxylation is 2. The molecule has 0 saturated carbocycles. The SMILES string of the molecule is Cc1cc(C(=O)O)cc(NCc2cnn(C)c2)n1. The molecule has 2 N–H and O–H groups in total. The van der Waals surface area contributed by atoms with Gasteiger partial charge in [0.05, 0.1) is 11.8 Å². The molecule has 0 radical (unpaired) electrons. The van der Waals surface area contributed by atoms with Crippen LogP contribution in [0.2, 0.25) is 0 Å². The number of carbonyl (C=O) groups is 1. The summed E-state index contributed by atoms with van der Waals surface area (Å²) in [6, 6.07) is 3.06. The molecular formula is C12H14N4O2. The predicted molar refractivity (Wildman–Crippen MR) is 66.5 cm³/mol. The van der Waals surface area contributed by atoms with Crippen LogP contribution >= 0.6 is 0 Å². The van der Waals surface area contributed by atoms with Gasteiger partial charge in [0.2, 0.25) is 0 Å². The van der Waals surface area contributed by atoms with Gasteiger partial charge in [0, 0.05) is 31.0 Å². The average Bonchev–Trinajstić information content (AvgIpc) is 2.72. The average molecular weight is 246 g/mol. The van der Waals surface area contributed by atoms with Crippen LogP contribution in [0.1, 0.15) is 21.6 Å². The Morgan fingerprint density at radius 2 is 2.28 bits per heavy atom. The van der Waals surface area contributed by atoms with Crippen LogP contribution in [0, 0.1) is 6.92 Å². The zero-order valence-corrected chi connectivity index (χ0v) is 10.2. The fourth-order valence-electron chi connectivity index (χ4n) is 1.64. The van der Waals surface area contributed by atoms with Gasteiger partial charge in [-0.05, 0) is 19.1 Å². The molecule has 6 nitrogen and oxygen atoms in total. The van der Waals surface area contributed by atoms with Gasteiger partial charge in [-0.1, -0.05) is 0 Å². The topological polar surface area (TPSA) is 80.0 Å². The van der Waals surface area contributed by atoms with Crippen molar-refractivity contribution >= 4 is 11.8 Å². The minimum Gasteiger partial charge on any atom is -0.478 e. The number of pyridine rings is 1.